The fraction of sp³-hybridized carbons (Fsp3) is 0.300. The van der Waals surface area contributed by atoms with Crippen LogP contribution in [0, 0.1) is 14.2 Å². The summed E-state index contributed by atoms with van der Waals surface area (Å²) in [6.07, 6.45) is 1.70. The molecule has 1 heterocycles. The molecule has 0 atom stereocenters. The number of allylic oxidation sites excluding steroid dienone is 1. The number of nitrogens with zero attached hydrogens (tertiary/aromatic N) is 1. The van der Waals surface area contributed by atoms with Crippen LogP contribution in [0.5, 0.6) is 0 Å². The summed E-state index contributed by atoms with van der Waals surface area (Å²) >= 11 is 10.0. The Bertz CT molecular complexity index is 389. The summed E-state index contributed by atoms with van der Waals surface area (Å²) in [5.41, 5.74) is 1.65. The zero-order valence-electron chi connectivity index (χ0n) is 7.68. The highest BCUT2D eigenvalue weighted by Crippen LogP contribution is 2.29. The molecule has 0 aliphatic carbocycles. The van der Waals surface area contributed by atoms with Gasteiger partial charge in [0.1, 0.15) is 0 Å². The smallest absolute Gasteiger partial charge is 0.0962 e. The van der Waals surface area contributed by atoms with Crippen molar-refractivity contribution in [1.29, 1.82) is 5.26 Å². The average Bonchev–Trinajstić information content (AvgIpc) is 2.60. The Labute approximate surface area is 107 Å². The molecule has 0 radical (unpaired) electrons. The number of halogens is 2. The number of hydrogen-bond donors (Lipinski definition) is 0. The van der Waals surface area contributed by atoms with Gasteiger partial charge in [-0.3, -0.25) is 0 Å². The number of thiophene rings is 1. The van der Waals surface area contributed by atoms with E-state index in [9.17, 15) is 0 Å². The van der Waals surface area contributed by atoms with Crippen molar-refractivity contribution < 1.29 is 0 Å². The van der Waals surface area contributed by atoms with Gasteiger partial charge in [-0.1, -0.05) is 24.9 Å². The van der Waals surface area contributed by atoms with Crippen LogP contribution in [0.3, 0.4) is 0 Å². The first-order chi connectivity index (χ1) is 6.69. The molecule has 0 saturated carbocycles. The van der Waals surface area contributed by atoms with Gasteiger partial charge < -0.3 is 0 Å². The van der Waals surface area contributed by atoms with Crippen molar-refractivity contribution in [3.8, 4) is 6.07 Å². The van der Waals surface area contributed by atoms with Gasteiger partial charge in [-0.2, -0.15) is 5.26 Å². The van der Waals surface area contributed by atoms with Crippen molar-refractivity contribution in [2.75, 3.05) is 0 Å². The van der Waals surface area contributed by atoms with Crippen molar-refractivity contribution in [3.63, 3.8) is 0 Å². The third-order valence-corrected chi connectivity index (χ3v) is 3.96. The van der Waals surface area contributed by atoms with Crippen molar-refractivity contribution >= 4 is 50.6 Å². The Morgan fingerprint density at radius 1 is 1.71 bits per heavy atom. The molecule has 1 aromatic heterocycles. The Balaban J connectivity index is 3.02. The first-order valence-corrected chi connectivity index (χ1v) is 6.55. The molecule has 1 rings (SSSR count). The predicted octanol–water partition coefficient (Wildman–Crippen LogP) is 4.63. The highest BCUT2D eigenvalue weighted by molar-refractivity contribution is 14.1. The van der Waals surface area contributed by atoms with Crippen molar-refractivity contribution in [2.45, 2.75) is 19.8 Å². The quantitative estimate of drug-likeness (QED) is 0.583. The zero-order valence-corrected chi connectivity index (χ0v) is 11.4. The topological polar surface area (TPSA) is 23.8 Å². The van der Waals surface area contributed by atoms with Crippen LogP contribution in [0.25, 0.3) is 5.03 Å². The molecule has 0 amide bonds. The molecule has 0 aromatic carbocycles. The molecule has 0 saturated heterocycles. The highest BCUT2D eigenvalue weighted by atomic mass is 127. The van der Waals surface area contributed by atoms with Crippen molar-refractivity contribution in [2.24, 2.45) is 0 Å². The molecule has 74 valence electrons. The van der Waals surface area contributed by atoms with E-state index in [0.29, 0.717) is 10.6 Å². The molecule has 1 aromatic rings. The SMILES string of the molecule is CCC/C(C#N)=C(\Cl)c1csc(I)c1. The normalized spacial score (nSPS) is 12.1. The van der Waals surface area contributed by atoms with Crippen LogP contribution in [-0.4, -0.2) is 0 Å². The van der Waals surface area contributed by atoms with Gasteiger partial charge in [-0.25, -0.2) is 0 Å². The maximum absolute atomic E-state index is 8.90. The standard InChI is InChI=1S/C10H9ClINS/c1-2-3-7(5-13)10(11)8-4-9(12)14-6-8/h4,6H,2-3H2,1H3/b10-7+. The number of rotatable bonds is 3. The van der Waals surface area contributed by atoms with E-state index in [-0.39, 0.29) is 0 Å². The van der Waals surface area contributed by atoms with E-state index in [1.54, 1.807) is 11.3 Å². The second-order valence-electron chi connectivity index (χ2n) is 2.79. The van der Waals surface area contributed by atoms with E-state index < -0.39 is 0 Å². The lowest BCUT2D eigenvalue weighted by Crippen LogP contribution is -1.82. The molecule has 0 aliphatic rings. The van der Waals surface area contributed by atoms with Crippen molar-refractivity contribution in [3.05, 3.63) is 25.5 Å². The van der Waals surface area contributed by atoms with Gasteiger partial charge in [0.05, 0.1) is 14.0 Å². The van der Waals surface area contributed by atoms with E-state index in [0.717, 1.165) is 18.4 Å². The predicted molar refractivity (Wildman–Crippen MR) is 70.3 cm³/mol. The zero-order chi connectivity index (χ0) is 10.6. The maximum atomic E-state index is 8.90. The molecule has 4 heteroatoms. The van der Waals surface area contributed by atoms with E-state index in [1.807, 2.05) is 18.4 Å². The Kier molecular flexibility index (Phi) is 4.93. The van der Waals surface area contributed by atoms with E-state index in [4.69, 9.17) is 16.9 Å². The van der Waals surface area contributed by atoms with Crippen molar-refractivity contribution in [1.82, 2.24) is 0 Å². The lowest BCUT2D eigenvalue weighted by atomic mass is 10.1. The molecule has 1 nitrogen and oxygen atoms in total. The summed E-state index contributed by atoms with van der Waals surface area (Å²) in [6, 6.07) is 4.16. The molecule has 0 spiro atoms. The minimum Gasteiger partial charge on any atom is -0.193 e. The molecule has 0 bridgehead atoms. The largest absolute Gasteiger partial charge is 0.193 e. The first kappa shape index (κ1) is 12.0. The summed E-state index contributed by atoms with van der Waals surface area (Å²) in [5.74, 6) is 0. The minimum atomic E-state index is 0.605. The summed E-state index contributed by atoms with van der Waals surface area (Å²) < 4.78 is 1.18. The molecule has 14 heavy (non-hydrogen) atoms. The van der Waals surface area contributed by atoms with Crippen LogP contribution >= 0.6 is 45.5 Å². The van der Waals surface area contributed by atoms with Crippen LogP contribution in [0.1, 0.15) is 25.3 Å². The molecule has 0 aliphatic heterocycles. The van der Waals surface area contributed by atoms with E-state index >= 15 is 0 Å². The number of hydrogen-bond acceptors (Lipinski definition) is 2. The van der Waals surface area contributed by atoms with Crippen LogP contribution < -0.4 is 0 Å². The molecule has 0 unspecified atom stereocenters. The van der Waals surface area contributed by atoms with Gasteiger partial charge in [-0.05, 0) is 35.1 Å². The van der Waals surface area contributed by atoms with Crippen LogP contribution in [0.4, 0.5) is 0 Å². The third-order valence-electron chi connectivity index (χ3n) is 1.72. The van der Waals surface area contributed by atoms with Gasteiger partial charge in [0.15, 0.2) is 0 Å². The third kappa shape index (κ3) is 2.97. The van der Waals surface area contributed by atoms with E-state index in [1.165, 1.54) is 2.88 Å². The van der Waals surface area contributed by atoms with Gasteiger partial charge >= 0.3 is 0 Å². The first-order valence-electron chi connectivity index (χ1n) is 4.22. The summed E-state index contributed by atoms with van der Waals surface area (Å²) in [7, 11) is 0. The lowest BCUT2D eigenvalue weighted by Gasteiger charge is -1.99. The van der Waals surface area contributed by atoms with Crippen LogP contribution in [-0.2, 0) is 0 Å². The van der Waals surface area contributed by atoms with Gasteiger partial charge in [0.25, 0.3) is 0 Å². The van der Waals surface area contributed by atoms with Crippen LogP contribution in [0.2, 0.25) is 0 Å². The monoisotopic (exact) mass is 337 g/mol. The van der Waals surface area contributed by atoms with Gasteiger partial charge in [0.2, 0.25) is 0 Å². The fourth-order valence-electron chi connectivity index (χ4n) is 1.06. The fourth-order valence-corrected chi connectivity index (χ4v) is 2.71. The van der Waals surface area contributed by atoms with Crippen LogP contribution in [0.15, 0.2) is 17.0 Å². The highest BCUT2D eigenvalue weighted by Gasteiger charge is 2.07. The minimum absolute atomic E-state index is 0.605. The summed E-state index contributed by atoms with van der Waals surface area (Å²) in [5, 5.41) is 11.5. The Morgan fingerprint density at radius 2 is 2.43 bits per heavy atom. The Morgan fingerprint density at radius 3 is 2.86 bits per heavy atom. The van der Waals surface area contributed by atoms with Gasteiger partial charge in [-0.15, -0.1) is 11.3 Å². The molecular weight excluding hydrogens is 329 g/mol. The van der Waals surface area contributed by atoms with E-state index in [2.05, 4.69) is 28.7 Å². The molecule has 0 fully saturated rings. The number of nitriles is 1. The van der Waals surface area contributed by atoms with Gasteiger partial charge in [0, 0.05) is 16.5 Å². The lowest BCUT2D eigenvalue weighted by molar-refractivity contribution is 0.933. The molecule has 0 N–H and O–H groups in total. The second-order valence-corrected chi connectivity index (χ2v) is 5.98. The molecular formula is C10H9ClINS. The maximum Gasteiger partial charge on any atom is 0.0962 e. The average molecular weight is 338 g/mol. The summed E-state index contributed by atoms with van der Waals surface area (Å²) in [4.78, 5) is 0. The second kappa shape index (κ2) is 5.74. The summed E-state index contributed by atoms with van der Waals surface area (Å²) in [6.45, 7) is 2.04. The Hall–Kier alpha value is -0.0500.